The van der Waals surface area contributed by atoms with Gasteiger partial charge in [-0.05, 0) is 68.8 Å². The van der Waals surface area contributed by atoms with E-state index in [-0.39, 0.29) is 5.91 Å². The quantitative estimate of drug-likeness (QED) is 0.251. The van der Waals surface area contributed by atoms with E-state index in [0.717, 1.165) is 53.2 Å². The summed E-state index contributed by atoms with van der Waals surface area (Å²) in [7, 11) is 0. The van der Waals surface area contributed by atoms with Gasteiger partial charge in [-0.2, -0.15) is 0 Å². The molecule has 0 unspecified atom stereocenters. The molecule has 0 spiro atoms. The van der Waals surface area contributed by atoms with Crippen LogP contribution >= 0.6 is 15.9 Å². The lowest BCUT2D eigenvalue weighted by Gasteiger charge is -2.15. The largest absolute Gasteiger partial charge is 0.493 e. The lowest BCUT2D eigenvalue weighted by atomic mass is 10.1. The molecule has 0 radical (unpaired) electrons. The van der Waals surface area contributed by atoms with Crippen LogP contribution in [0.25, 0.3) is 11.3 Å². The number of aromatic nitrogens is 2. The molecule has 1 amide bonds. The van der Waals surface area contributed by atoms with E-state index < -0.39 is 0 Å². The number of carbonyl (C=O) groups excluding carboxylic acids is 1. The average Bonchev–Trinajstić information content (AvgIpc) is 3.38. The Kier molecular flexibility index (Phi) is 8.86. The lowest BCUT2D eigenvalue weighted by Crippen LogP contribution is -2.33. The Balaban J connectivity index is 1.42. The van der Waals surface area contributed by atoms with E-state index in [0.29, 0.717) is 24.7 Å². The summed E-state index contributed by atoms with van der Waals surface area (Å²) in [4.78, 5) is 24.1. The minimum Gasteiger partial charge on any atom is -0.493 e. The predicted molar refractivity (Wildman–Crippen MR) is 143 cm³/mol. The second-order valence-corrected chi connectivity index (χ2v) is 9.29. The molecule has 2 heterocycles. The fraction of sp³-hybridized carbons (Fsp3) is 0.296. The first kappa shape index (κ1) is 24.9. The number of halogens is 1. The van der Waals surface area contributed by atoms with Crippen LogP contribution in [0.4, 0.5) is 11.6 Å². The molecular formula is C27H30BrN5O2. The van der Waals surface area contributed by atoms with Gasteiger partial charge < -0.3 is 20.3 Å². The Labute approximate surface area is 214 Å². The van der Waals surface area contributed by atoms with Crippen molar-refractivity contribution in [1.29, 1.82) is 0 Å². The first-order chi connectivity index (χ1) is 17.1. The van der Waals surface area contributed by atoms with Gasteiger partial charge in [-0.1, -0.05) is 34.1 Å². The Morgan fingerprint density at radius 3 is 2.86 bits per heavy atom. The van der Waals surface area contributed by atoms with Gasteiger partial charge in [0.05, 0.1) is 12.3 Å². The molecule has 7 nitrogen and oxygen atoms in total. The van der Waals surface area contributed by atoms with Crippen molar-refractivity contribution in [2.75, 3.05) is 38.1 Å². The molecule has 8 heteroatoms. The molecule has 35 heavy (non-hydrogen) atoms. The molecule has 0 aliphatic carbocycles. The number of amides is 1. The second kappa shape index (κ2) is 12.5. The first-order valence-corrected chi connectivity index (χ1v) is 12.7. The molecule has 1 fully saturated rings. The van der Waals surface area contributed by atoms with Crippen molar-refractivity contribution in [3.63, 3.8) is 0 Å². The van der Waals surface area contributed by atoms with Gasteiger partial charge in [0, 0.05) is 40.6 Å². The molecule has 1 aromatic heterocycles. The third-order valence-electron chi connectivity index (χ3n) is 5.70. The van der Waals surface area contributed by atoms with Crippen LogP contribution in [0.15, 0.2) is 71.9 Å². The Morgan fingerprint density at radius 1 is 1.17 bits per heavy atom. The van der Waals surface area contributed by atoms with E-state index in [9.17, 15) is 4.79 Å². The van der Waals surface area contributed by atoms with Crippen molar-refractivity contribution in [3.05, 3.63) is 77.4 Å². The van der Waals surface area contributed by atoms with Crippen LogP contribution in [0.2, 0.25) is 0 Å². The van der Waals surface area contributed by atoms with Gasteiger partial charge in [0.1, 0.15) is 5.75 Å². The summed E-state index contributed by atoms with van der Waals surface area (Å²) in [6.45, 7) is 8.05. The highest BCUT2D eigenvalue weighted by Gasteiger charge is 2.13. The molecule has 4 rings (SSSR count). The molecule has 0 bridgehead atoms. The molecule has 1 aliphatic heterocycles. The SMILES string of the molecule is C=CCCOc1cccc(-c2ccnc(Nc3cc(Br)cc(C(=O)NCCN4CCCC4)c3)n2)c1. The van der Waals surface area contributed by atoms with E-state index in [1.807, 2.05) is 48.5 Å². The van der Waals surface area contributed by atoms with Crippen molar-refractivity contribution in [1.82, 2.24) is 20.2 Å². The first-order valence-electron chi connectivity index (χ1n) is 11.9. The fourth-order valence-electron chi connectivity index (χ4n) is 3.94. The van der Waals surface area contributed by atoms with Gasteiger partial charge in [0.2, 0.25) is 5.95 Å². The van der Waals surface area contributed by atoms with E-state index in [2.05, 4.69) is 48.0 Å². The second-order valence-electron chi connectivity index (χ2n) is 8.38. The smallest absolute Gasteiger partial charge is 0.251 e. The summed E-state index contributed by atoms with van der Waals surface area (Å²) >= 11 is 3.51. The van der Waals surface area contributed by atoms with Gasteiger partial charge in [0.25, 0.3) is 5.91 Å². The molecule has 0 saturated carbocycles. The molecule has 182 valence electrons. The number of nitrogens with one attached hydrogen (secondary N) is 2. The van der Waals surface area contributed by atoms with Crippen molar-refractivity contribution >= 4 is 33.5 Å². The number of ether oxygens (including phenoxy) is 1. The van der Waals surface area contributed by atoms with Crippen LogP contribution < -0.4 is 15.4 Å². The minimum atomic E-state index is -0.100. The highest BCUT2D eigenvalue weighted by atomic mass is 79.9. The zero-order valence-corrected chi connectivity index (χ0v) is 21.3. The van der Waals surface area contributed by atoms with Crippen LogP contribution in [0.5, 0.6) is 5.75 Å². The minimum absolute atomic E-state index is 0.100. The molecular weight excluding hydrogens is 506 g/mol. The third-order valence-corrected chi connectivity index (χ3v) is 6.16. The normalized spacial score (nSPS) is 13.4. The summed E-state index contributed by atoms with van der Waals surface area (Å²) in [5, 5.41) is 6.25. The van der Waals surface area contributed by atoms with Gasteiger partial charge >= 0.3 is 0 Å². The van der Waals surface area contributed by atoms with Crippen LogP contribution in [-0.2, 0) is 0 Å². The maximum absolute atomic E-state index is 12.7. The number of rotatable bonds is 11. The van der Waals surface area contributed by atoms with Crippen LogP contribution in [0.3, 0.4) is 0 Å². The highest BCUT2D eigenvalue weighted by molar-refractivity contribution is 9.10. The van der Waals surface area contributed by atoms with Crippen molar-refractivity contribution in [2.24, 2.45) is 0 Å². The standard InChI is InChI=1S/C27H30BrN5O2/c1-2-3-15-35-24-8-6-7-20(18-24)25-9-10-30-27(32-25)31-23-17-21(16-22(28)19-23)26(34)29-11-14-33-12-4-5-13-33/h2,6-10,16-19H,1,3-5,11-15H2,(H,29,34)(H,30,31,32). The van der Waals surface area contributed by atoms with E-state index in [1.165, 1.54) is 12.8 Å². The number of anilines is 2. The van der Waals surface area contributed by atoms with Gasteiger partial charge in [-0.3, -0.25) is 4.79 Å². The van der Waals surface area contributed by atoms with Crippen LogP contribution in [0.1, 0.15) is 29.6 Å². The Hall–Kier alpha value is -3.23. The lowest BCUT2D eigenvalue weighted by molar-refractivity contribution is 0.0949. The zero-order chi connectivity index (χ0) is 24.5. The predicted octanol–water partition coefficient (Wildman–Crippen LogP) is 5.43. The number of hydrogen-bond donors (Lipinski definition) is 2. The number of nitrogens with zero attached hydrogens (tertiary/aromatic N) is 3. The number of benzene rings is 2. The van der Waals surface area contributed by atoms with Crippen LogP contribution in [-0.4, -0.2) is 53.6 Å². The van der Waals surface area contributed by atoms with E-state index in [1.54, 1.807) is 12.3 Å². The summed E-state index contributed by atoms with van der Waals surface area (Å²) in [6, 6.07) is 15.2. The average molecular weight is 536 g/mol. The zero-order valence-electron chi connectivity index (χ0n) is 19.7. The number of hydrogen-bond acceptors (Lipinski definition) is 6. The molecule has 2 N–H and O–H groups in total. The summed E-state index contributed by atoms with van der Waals surface area (Å²) in [5.74, 6) is 1.13. The van der Waals surface area contributed by atoms with E-state index in [4.69, 9.17) is 4.74 Å². The maximum atomic E-state index is 12.7. The highest BCUT2D eigenvalue weighted by Crippen LogP contribution is 2.25. The number of carbonyl (C=O) groups is 1. The van der Waals surface area contributed by atoms with Crippen molar-refractivity contribution in [2.45, 2.75) is 19.3 Å². The summed E-state index contributed by atoms with van der Waals surface area (Å²) in [6.07, 6.45) is 6.81. The maximum Gasteiger partial charge on any atom is 0.251 e. The topological polar surface area (TPSA) is 79.4 Å². The van der Waals surface area contributed by atoms with Gasteiger partial charge in [0.15, 0.2) is 0 Å². The van der Waals surface area contributed by atoms with Crippen molar-refractivity contribution < 1.29 is 9.53 Å². The third kappa shape index (κ3) is 7.37. The van der Waals surface area contributed by atoms with Gasteiger partial charge in [-0.25, -0.2) is 9.97 Å². The summed E-state index contributed by atoms with van der Waals surface area (Å²) in [5.41, 5.74) is 3.00. The molecule has 1 saturated heterocycles. The van der Waals surface area contributed by atoms with Crippen molar-refractivity contribution in [3.8, 4) is 17.0 Å². The molecule has 3 aromatic rings. The van der Waals surface area contributed by atoms with Crippen LogP contribution in [0, 0.1) is 0 Å². The van der Waals surface area contributed by atoms with Gasteiger partial charge in [-0.15, -0.1) is 6.58 Å². The summed E-state index contributed by atoms with van der Waals surface area (Å²) < 4.78 is 6.56. The monoisotopic (exact) mass is 535 g/mol. The number of likely N-dealkylation sites (tertiary alicyclic amines) is 1. The Morgan fingerprint density at radius 2 is 2.03 bits per heavy atom. The molecule has 2 aromatic carbocycles. The molecule has 0 atom stereocenters. The Bertz CT molecular complexity index is 1160. The fourth-order valence-corrected chi connectivity index (χ4v) is 4.44. The molecule has 1 aliphatic rings. The van der Waals surface area contributed by atoms with E-state index >= 15 is 0 Å².